The van der Waals surface area contributed by atoms with E-state index in [1.54, 1.807) is 6.07 Å². The number of carboxylic acids is 1. The van der Waals surface area contributed by atoms with E-state index in [9.17, 15) is 4.79 Å². The normalized spacial score (nSPS) is 23.9. The Labute approximate surface area is 96.3 Å². The van der Waals surface area contributed by atoms with E-state index in [2.05, 4.69) is 13.8 Å². The van der Waals surface area contributed by atoms with Crippen LogP contribution < -0.4 is 0 Å². The van der Waals surface area contributed by atoms with Gasteiger partial charge in [-0.25, -0.2) is 4.79 Å². The third kappa shape index (κ3) is 1.73. The predicted octanol–water partition coefficient (Wildman–Crippen LogP) is 3.39. The number of hydrogen-bond donors (Lipinski definition) is 1. The number of hydrogen-bond acceptors (Lipinski definition) is 1. The first-order chi connectivity index (χ1) is 7.57. The Hall–Kier alpha value is -1.31. The number of fused-ring (bicyclic) bond motifs is 1. The van der Waals surface area contributed by atoms with E-state index in [0.29, 0.717) is 5.56 Å². The first-order valence-corrected chi connectivity index (χ1v) is 5.93. The second-order valence-electron chi connectivity index (χ2n) is 4.94. The zero-order chi connectivity index (χ0) is 11.8. The summed E-state index contributed by atoms with van der Waals surface area (Å²) in [6.45, 7) is 4.43. The van der Waals surface area contributed by atoms with Crippen LogP contribution in [0.1, 0.15) is 54.6 Å². The van der Waals surface area contributed by atoms with Gasteiger partial charge < -0.3 is 5.11 Å². The summed E-state index contributed by atoms with van der Waals surface area (Å²) < 4.78 is 0. The van der Waals surface area contributed by atoms with Crippen LogP contribution in [0.4, 0.5) is 0 Å². The Balaban J connectivity index is 2.53. The number of rotatable bonds is 2. The van der Waals surface area contributed by atoms with Gasteiger partial charge >= 0.3 is 5.97 Å². The summed E-state index contributed by atoms with van der Waals surface area (Å²) in [6, 6.07) is 5.59. The molecule has 1 N–H and O–H groups in total. The van der Waals surface area contributed by atoms with Gasteiger partial charge in [0.05, 0.1) is 5.56 Å². The predicted molar refractivity (Wildman–Crippen MR) is 64.0 cm³/mol. The molecule has 1 atom stereocenters. The molecule has 1 aromatic carbocycles. The molecule has 0 spiro atoms. The molecule has 0 fully saturated rings. The quantitative estimate of drug-likeness (QED) is 0.826. The lowest BCUT2D eigenvalue weighted by Crippen LogP contribution is -2.27. The molecule has 2 nitrogen and oxygen atoms in total. The highest BCUT2D eigenvalue weighted by Crippen LogP contribution is 2.39. The van der Waals surface area contributed by atoms with E-state index in [1.165, 1.54) is 24.0 Å². The van der Waals surface area contributed by atoms with Gasteiger partial charge in [0.1, 0.15) is 0 Å². The van der Waals surface area contributed by atoms with Crippen LogP contribution in [0, 0.1) is 0 Å². The number of benzene rings is 1. The molecule has 86 valence electrons. The summed E-state index contributed by atoms with van der Waals surface area (Å²) >= 11 is 0. The van der Waals surface area contributed by atoms with E-state index in [-0.39, 0.29) is 5.41 Å². The first kappa shape index (κ1) is 11.2. The summed E-state index contributed by atoms with van der Waals surface area (Å²) in [5, 5.41) is 9.03. The maximum atomic E-state index is 11.0. The molecule has 0 radical (unpaired) electrons. The minimum absolute atomic E-state index is 0.166. The molecule has 0 aromatic heterocycles. The van der Waals surface area contributed by atoms with Crippen molar-refractivity contribution in [2.75, 3.05) is 0 Å². The van der Waals surface area contributed by atoms with E-state index >= 15 is 0 Å². The van der Waals surface area contributed by atoms with Crippen molar-refractivity contribution in [2.45, 2.75) is 44.9 Å². The maximum Gasteiger partial charge on any atom is 0.335 e. The number of aromatic carboxylic acids is 1. The van der Waals surface area contributed by atoms with Crippen molar-refractivity contribution in [2.24, 2.45) is 0 Å². The lowest BCUT2D eigenvalue weighted by atomic mass is 9.69. The minimum atomic E-state index is -0.827. The topological polar surface area (TPSA) is 37.3 Å². The van der Waals surface area contributed by atoms with Gasteiger partial charge in [-0.05, 0) is 54.4 Å². The molecule has 0 saturated heterocycles. The van der Waals surface area contributed by atoms with Gasteiger partial charge in [0, 0.05) is 0 Å². The smallest absolute Gasteiger partial charge is 0.335 e. The zero-order valence-electron chi connectivity index (χ0n) is 9.92. The van der Waals surface area contributed by atoms with Gasteiger partial charge in [-0.3, -0.25) is 0 Å². The highest BCUT2D eigenvalue weighted by molar-refractivity contribution is 5.88. The van der Waals surface area contributed by atoms with E-state index in [1.807, 2.05) is 12.1 Å². The van der Waals surface area contributed by atoms with Crippen LogP contribution in [0.15, 0.2) is 18.2 Å². The van der Waals surface area contributed by atoms with Crippen molar-refractivity contribution in [3.8, 4) is 0 Å². The van der Waals surface area contributed by atoms with E-state index in [4.69, 9.17) is 5.11 Å². The van der Waals surface area contributed by atoms with Crippen LogP contribution in [-0.2, 0) is 11.8 Å². The Kier molecular flexibility index (Phi) is 2.75. The summed E-state index contributed by atoms with van der Waals surface area (Å²) in [7, 11) is 0. The largest absolute Gasteiger partial charge is 0.478 e. The lowest BCUT2D eigenvalue weighted by Gasteiger charge is -2.35. The molecule has 0 heterocycles. The van der Waals surface area contributed by atoms with Crippen LogP contribution in [0.5, 0.6) is 0 Å². The third-order valence-electron chi connectivity index (χ3n) is 3.96. The molecule has 1 aliphatic rings. The molecule has 1 unspecified atom stereocenters. The molecule has 0 aliphatic heterocycles. The van der Waals surface area contributed by atoms with Crippen molar-refractivity contribution >= 4 is 5.97 Å². The molecule has 0 amide bonds. The molecular formula is C14H18O2. The SMILES string of the molecule is CCC1(C)CCCc2ccc(C(=O)O)cc21. The highest BCUT2D eigenvalue weighted by Gasteiger charge is 2.30. The van der Waals surface area contributed by atoms with Gasteiger partial charge in [0.15, 0.2) is 0 Å². The Morgan fingerprint density at radius 2 is 2.25 bits per heavy atom. The van der Waals surface area contributed by atoms with Gasteiger partial charge in [-0.15, -0.1) is 0 Å². The van der Waals surface area contributed by atoms with E-state index in [0.717, 1.165) is 12.8 Å². The Bertz CT molecular complexity index is 423. The molecule has 1 aromatic rings. The van der Waals surface area contributed by atoms with Gasteiger partial charge in [-0.1, -0.05) is 19.9 Å². The van der Waals surface area contributed by atoms with Gasteiger partial charge in [0.25, 0.3) is 0 Å². The molecular weight excluding hydrogens is 200 g/mol. The molecule has 2 heteroatoms. The zero-order valence-corrected chi connectivity index (χ0v) is 9.92. The number of aryl methyl sites for hydroxylation is 1. The molecule has 1 aliphatic carbocycles. The Morgan fingerprint density at radius 3 is 2.88 bits per heavy atom. The maximum absolute atomic E-state index is 11.0. The van der Waals surface area contributed by atoms with Crippen LogP contribution in [0.25, 0.3) is 0 Å². The average Bonchev–Trinajstić information content (AvgIpc) is 2.29. The van der Waals surface area contributed by atoms with Crippen molar-refractivity contribution in [3.05, 3.63) is 34.9 Å². The second-order valence-corrected chi connectivity index (χ2v) is 4.94. The van der Waals surface area contributed by atoms with Gasteiger partial charge in [-0.2, -0.15) is 0 Å². The van der Waals surface area contributed by atoms with Crippen LogP contribution in [-0.4, -0.2) is 11.1 Å². The summed E-state index contributed by atoms with van der Waals surface area (Å²) in [5.74, 6) is -0.827. The fourth-order valence-corrected chi connectivity index (χ4v) is 2.66. The van der Waals surface area contributed by atoms with Crippen LogP contribution in [0.3, 0.4) is 0 Å². The van der Waals surface area contributed by atoms with Crippen molar-refractivity contribution in [1.82, 2.24) is 0 Å². The van der Waals surface area contributed by atoms with Crippen molar-refractivity contribution in [1.29, 1.82) is 0 Å². The fraction of sp³-hybridized carbons (Fsp3) is 0.500. The number of carboxylic acid groups (broad SMARTS) is 1. The lowest BCUT2D eigenvalue weighted by molar-refractivity contribution is 0.0696. The minimum Gasteiger partial charge on any atom is -0.478 e. The number of carbonyl (C=O) groups is 1. The Morgan fingerprint density at radius 1 is 1.50 bits per heavy atom. The second kappa shape index (κ2) is 3.93. The average molecular weight is 218 g/mol. The summed E-state index contributed by atoms with van der Waals surface area (Å²) in [6.07, 6.45) is 4.54. The highest BCUT2D eigenvalue weighted by atomic mass is 16.4. The first-order valence-electron chi connectivity index (χ1n) is 5.93. The summed E-state index contributed by atoms with van der Waals surface area (Å²) in [4.78, 5) is 11.0. The van der Waals surface area contributed by atoms with Crippen LogP contribution >= 0.6 is 0 Å². The monoisotopic (exact) mass is 218 g/mol. The van der Waals surface area contributed by atoms with Crippen LogP contribution in [0.2, 0.25) is 0 Å². The molecule has 2 rings (SSSR count). The molecule has 0 bridgehead atoms. The van der Waals surface area contributed by atoms with E-state index < -0.39 is 5.97 Å². The molecule has 0 saturated carbocycles. The van der Waals surface area contributed by atoms with Crippen molar-refractivity contribution in [3.63, 3.8) is 0 Å². The summed E-state index contributed by atoms with van der Waals surface area (Å²) in [5.41, 5.74) is 3.17. The van der Waals surface area contributed by atoms with Gasteiger partial charge in [0.2, 0.25) is 0 Å². The fourth-order valence-electron chi connectivity index (χ4n) is 2.66. The standard InChI is InChI=1S/C14H18O2/c1-3-14(2)8-4-5-10-6-7-11(13(15)16)9-12(10)14/h6-7,9H,3-5,8H2,1-2H3,(H,15,16). The molecule has 16 heavy (non-hydrogen) atoms. The third-order valence-corrected chi connectivity index (χ3v) is 3.96. The van der Waals surface area contributed by atoms with Crippen molar-refractivity contribution < 1.29 is 9.90 Å².